The highest BCUT2D eigenvalue weighted by atomic mass is 32.2. The summed E-state index contributed by atoms with van der Waals surface area (Å²) in [7, 11) is -3.58. The summed E-state index contributed by atoms with van der Waals surface area (Å²) >= 11 is 0. The zero-order chi connectivity index (χ0) is 15.3. The predicted octanol–water partition coefficient (Wildman–Crippen LogP) is 2.08. The van der Waals surface area contributed by atoms with Gasteiger partial charge in [0.2, 0.25) is 10.0 Å². The number of hydrogen-bond acceptors (Lipinski definition) is 4. The second-order valence-corrected chi connectivity index (χ2v) is 7.16. The van der Waals surface area contributed by atoms with Crippen molar-refractivity contribution in [3.05, 3.63) is 29.8 Å². The molecule has 1 heterocycles. The van der Waals surface area contributed by atoms with Gasteiger partial charge >= 0.3 is 0 Å². The van der Waals surface area contributed by atoms with Gasteiger partial charge in [-0.2, -0.15) is 9.57 Å². The third-order valence-electron chi connectivity index (χ3n) is 3.56. The summed E-state index contributed by atoms with van der Waals surface area (Å²) in [6, 6.07) is 8.79. The van der Waals surface area contributed by atoms with Crippen LogP contribution in [-0.4, -0.2) is 38.5 Å². The highest BCUT2D eigenvalue weighted by Crippen LogP contribution is 2.20. The van der Waals surface area contributed by atoms with Gasteiger partial charge in [-0.05, 0) is 31.9 Å². The molecule has 6 heteroatoms. The van der Waals surface area contributed by atoms with Crippen LogP contribution in [0.15, 0.2) is 29.2 Å². The Morgan fingerprint density at radius 1 is 1.38 bits per heavy atom. The maximum absolute atomic E-state index is 12.7. The standard InChI is InChI=1S/C15H20N2O3S/c1-13-5-7-15(8-6-13)21(18,19)17(10-3-9-16)12-14-4-2-11-20-14/h5-8,14H,2-4,10-12H2,1H3. The van der Waals surface area contributed by atoms with E-state index < -0.39 is 10.0 Å². The van der Waals surface area contributed by atoms with E-state index in [0.717, 1.165) is 18.4 Å². The fraction of sp³-hybridized carbons (Fsp3) is 0.533. The fourth-order valence-electron chi connectivity index (χ4n) is 2.36. The predicted molar refractivity (Wildman–Crippen MR) is 79.1 cm³/mol. The van der Waals surface area contributed by atoms with Crippen LogP contribution in [0.5, 0.6) is 0 Å². The van der Waals surface area contributed by atoms with Crippen molar-refractivity contribution in [2.75, 3.05) is 19.7 Å². The normalized spacial score (nSPS) is 18.8. The van der Waals surface area contributed by atoms with Crippen LogP contribution >= 0.6 is 0 Å². The van der Waals surface area contributed by atoms with Gasteiger partial charge in [0.05, 0.1) is 17.1 Å². The van der Waals surface area contributed by atoms with Crippen molar-refractivity contribution in [1.29, 1.82) is 5.26 Å². The number of benzene rings is 1. The molecule has 0 radical (unpaired) electrons. The molecule has 0 aromatic heterocycles. The molecule has 1 atom stereocenters. The Morgan fingerprint density at radius 3 is 2.67 bits per heavy atom. The zero-order valence-electron chi connectivity index (χ0n) is 12.2. The first kappa shape index (κ1) is 16.0. The lowest BCUT2D eigenvalue weighted by atomic mass is 10.2. The Balaban J connectivity index is 2.20. The number of hydrogen-bond donors (Lipinski definition) is 0. The average molecular weight is 308 g/mol. The Morgan fingerprint density at radius 2 is 2.10 bits per heavy atom. The summed E-state index contributed by atoms with van der Waals surface area (Å²) in [6.45, 7) is 3.11. The molecule has 21 heavy (non-hydrogen) atoms. The minimum absolute atomic E-state index is 0.0658. The van der Waals surface area contributed by atoms with Crippen LogP contribution in [0.25, 0.3) is 0 Å². The largest absolute Gasteiger partial charge is 0.377 e. The summed E-state index contributed by atoms with van der Waals surface area (Å²) in [5.41, 5.74) is 1.01. The third-order valence-corrected chi connectivity index (χ3v) is 5.44. The molecule has 1 unspecified atom stereocenters. The molecule has 5 nitrogen and oxygen atoms in total. The minimum atomic E-state index is -3.58. The molecule has 1 aromatic rings. The van der Waals surface area contributed by atoms with Crippen LogP contribution in [0.1, 0.15) is 24.8 Å². The Hall–Kier alpha value is -1.42. The molecule has 0 spiro atoms. The van der Waals surface area contributed by atoms with Crippen LogP contribution in [0, 0.1) is 18.3 Å². The van der Waals surface area contributed by atoms with Gasteiger partial charge in [0.1, 0.15) is 0 Å². The maximum Gasteiger partial charge on any atom is 0.243 e. The summed E-state index contributed by atoms with van der Waals surface area (Å²) < 4.78 is 32.3. The Kier molecular flexibility index (Phi) is 5.34. The quantitative estimate of drug-likeness (QED) is 0.806. The van der Waals surface area contributed by atoms with E-state index in [0.29, 0.717) is 13.2 Å². The molecule has 0 saturated carbocycles. The minimum Gasteiger partial charge on any atom is -0.377 e. The van der Waals surface area contributed by atoms with Crippen molar-refractivity contribution in [3.63, 3.8) is 0 Å². The Labute approximate surface area is 126 Å². The van der Waals surface area contributed by atoms with E-state index in [4.69, 9.17) is 10.00 Å². The molecule has 1 aliphatic rings. The molecule has 0 bridgehead atoms. The first-order valence-corrected chi connectivity index (χ1v) is 8.53. The van der Waals surface area contributed by atoms with Gasteiger partial charge in [0, 0.05) is 26.1 Å². The average Bonchev–Trinajstić information content (AvgIpc) is 2.96. The molecule has 1 saturated heterocycles. The SMILES string of the molecule is Cc1ccc(S(=O)(=O)N(CCC#N)CC2CCCO2)cc1. The lowest BCUT2D eigenvalue weighted by Crippen LogP contribution is -2.38. The highest BCUT2D eigenvalue weighted by Gasteiger charge is 2.28. The van der Waals surface area contributed by atoms with Crippen LogP contribution in [0.3, 0.4) is 0 Å². The van der Waals surface area contributed by atoms with Gasteiger partial charge in [0.25, 0.3) is 0 Å². The lowest BCUT2D eigenvalue weighted by Gasteiger charge is -2.24. The van der Waals surface area contributed by atoms with Gasteiger partial charge < -0.3 is 4.74 Å². The number of rotatable bonds is 6. The monoisotopic (exact) mass is 308 g/mol. The van der Waals surface area contributed by atoms with E-state index in [-0.39, 0.29) is 24.0 Å². The molecule has 1 fully saturated rings. The first-order valence-electron chi connectivity index (χ1n) is 7.09. The van der Waals surface area contributed by atoms with Crippen molar-refractivity contribution in [2.24, 2.45) is 0 Å². The highest BCUT2D eigenvalue weighted by molar-refractivity contribution is 7.89. The van der Waals surface area contributed by atoms with Crippen LogP contribution < -0.4 is 0 Å². The van der Waals surface area contributed by atoms with E-state index >= 15 is 0 Å². The summed E-state index contributed by atoms with van der Waals surface area (Å²) in [5.74, 6) is 0. The van der Waals surface area contributed by atoms with E-state index in [1.165, 1.54) is 4.31 Å². The molecular weight excluding hydrogens is 288 g/mol. The van der Waals surface area contributed by atoms with E-state index in [9.17, 15) is 8.42 Å². The second-order valence-electron chi connectivity index (χ2n) is 5.22. The molecule has 1 aromatic carbocycles. The molecule has 2 rings (SSSR count). The van der Waals surface area contributed by atoms with Crippen molar-refractivity contribution >= 4 is 10.0 Å². The summed E-state index contributed by atoms with van der Waals surface area (Å²) in [5, 5.41) is 8.75. The number of aryl methyl sites for hydroxylation is 1. The molecule has 1 aliphatic heterocycles. The van der Waals surface area contributed by atoms with Gasteiger partial charge in [-0.3, -0.25) is 0 Å². The third kappa shape index (κ3) is 4.03. The maximum atomic E-state index is 12.7. The van der Waals surface area contributed by atoms with Gasteiger partial charge in [-0.1, -0.05) is 17.7 Å². The fourth-order valence-corrected chi connectivity index (χ4v) is 3.83. The van der Waals surface area contributed by atoms with E-state index in [2.05, 4.69) is 0 Å². The number of nitriles is 1. The first-order chi connectivity index (χ1) is 10.0. The molecule has 0 N–H and O–H groups in total. The van der Waals surface area contributed by atoms with Gasteiger partial charge in [-0.25, -0.2) is 8.42 Å². The van der Waals surface area contributed by atoms with Gasteiger partial charge in [-0.15, -0.1) is 0 Å². The summed E-state index contributed by atoms with van der Waals surface area (Å²) in [4.78, 5) is 0.268. The molecule has 0 aliphatic carbocycles. The molecule has 114 valence electrons. The van der Waals surface area contributed by atoms with Crippen molar-refractivity contribution in [3.8, 4) is 6.07 Å². The van der Waals surface area contributed by atoms with Crippen LogP contribution in [0.4, 0.5) is 0 Å². The number of sulfonamides is 1. The lowest BCUT2D eigenvalue weighted by molar-refractivity contribution is 0.0941. The van der Waals surface area contributed by atoms with Crippen molar-refractivity contribution in [1.82, 2.24) is 4.31 Å². The zero-order valence-corrected chi connectivity index (χ0v) is 13.0. The Bertz CT molecular complexity index is 599. The topological polar surface area (TPSA) is 70.4 Å². The van der Waals surface area contributed by atoms with Crippen molar-refractivity contribution < 1.29 is 13.2 Å². The van der Waals surface area contributed by atoms with E-state index in [1.54, 1.807) is 24.3 Å². The molecular formula is C15H20N2O3S. The molecule has 0 amide bonds. The van der Waals surface area contributed by atoms with E-state index in [1.807, 2.05) is 13.0 Å². The van der Waals surface area contributed by atoms with Crippen LogP contribution in [-0.2, 0) is 14.8 Å². The van der Waals surface area contributed by atoms with Crippen molar-refractivity contribution in [2.45, 2.75) is 37.2 Å². The summed E-state index contributed by atoms with van der Waals surface area (Å²) in [6.07, 6.45) is 1.94. The smallest absolute Gasteiger partial charge is 0.243 e. The second kappa shape index (κ2) is 7.03. The van der Waals surface area contributed by atoms with Gasteiger partial charge in [0.15, 0.2) is 0 Å². The van der Waals surface area contributed by atoms with Crippen LogP contribution in [0.2, 0.25) is 0 Å². The number of ether oxygens (including phenoxy) is 1. The number of nitrogens with zero attached hydrogens (tertiary/aromatic N) is 2.